The van der Waals surface area contributed by atoms with Crippen LogP contribution >= 0.6 is 23.2 Å². The normalized spacial score (nSPS) is 18.3. The van der Waals surface area contributed by atoms with E-state index in [0.29, 0.717) is 35.2 Å². The third-order valence-electron chi connectivity index (χ3n) is 8.82. The monoisotopic (exact) mass is 635 g/mol. The van der Waals surface area contributed by atoms with Gasteiger partial charge in [-0.05, 0) is 62.1 Å². The van der Waals surface area contributed by atoms with Crippen LogP contribution in [0, 0.1) is 13.8 Å². The third kappa shape index (κ3) is 7.82. The first kappa shape index (κ1) is 32.5. The lowest BCUT2D eigenvalue weighted by Crippen LogP contribution is -2.57. The summed E-state index contributed by atoms with van der Waals surface area (Å²) < 4.78 is 0. The smallest absolute Gasteiger partial charge is 0.254 e. The lowest BCUT2D eigenvalue weighted by Gasteiger charge is -2.45. The molecular weight excluding hydrogens is 593 g/mol. The van der Waals surface area contributed by atoms with Crippen molar-refractivity contribution in [3.63, 3.8) is 0 Å². The number of hydrazine groups is 1. The number of rotatable bonds is 8. The Morgan fingerprint density at radius 1 is 0.841 bits per heavy atom. The van der Waals surface area contributed by atoms with Gasteiger partial charge in [0.05, 0.1) is 22.6 Å². The second-order valence-corrected chi connectivity index (χ2v) is 13.2. The minimum atomic E-state index is -0.336. The highest BCUT2D eigenvalue weighted by molar-refractivity contribution is 6.42. The van der Waals surface area contributed by atoms with Gasteiger partial charge in [0.15, 0.2) is 0 Å². The van der Waals surface area contributed by atoms with Crippen LogP contribution in [0.15, 0.2) is 66.7 Å². The average molecular weight is 637 g/mol. The molecule has 7 nitrogen and oxygen atoms in total. The second kappa shape index (κ2) is 14.4. The summed E-state index contributed by atoms with van der Waals surface area (Å²) in [7, 11) is 4.03. The van der Waals surface area contributed by atoms with Gasteiger partial charge in [-0.2, -0.15) is 0 Å². The molecule has 234 valence electrons. The van der Waals surface area contributed by atoms with Gasteiger partial charge in [0, 0.05) is 65.0 Å². The van der Waals surface area contributed by atoms with Gasteiger partial charge in [-0.15, -0.1) is 0 Å². The van der Waals surface area contributed by atoms with Crippen molar-refractivity contribution in [2.75, 3.05) is 53.4 Å². The zero-order valence-corrected chi connectivity index (χ0v) is 27.7. The Morgan fingerprint density at radius 2 is 1.52 bits per heavy atom. The maximum absolute atomic E-state index is 14.1. The van der Waals surface area contributed by atoms with E-state index in [9.17, 15) is 9.59 Å². The van der Waals surface area contributed by atoms with Crippen LogP contribution in [0.5, 0.6) is 0 Å². The first-order valence-corrected chi connectivity index (χ1v) is 16.2. The molecular formula is C35H43Cl2N5O2. The fourth-order valence-corrected chi connectivity index (χ4v) is 6.90. The Morgan fingerprint density at radius 3 is 2.16 bits per heavy atom. The molecule has 0 N–H and O–H groups in total. The number of benzene rings is 3. The van der Waals surface area contributed by atoms with Gasteiger partial charge in [-0.3, -0.25) is 14.5 Å². The minimum Gasteiger partial charge on any atom is -0.334 e. The van der Waals surface area contributed by atoms with Gasteiger partial charge in [0.2, 0.25) is 5.91 Å². The summed E-state index contributed by atoms with van der Waals surface area (Å²) in [5, 5.41) is 5.17. The highest BCUT2D eigenvalue weighted by Crippen LogP contribution is 2.32. The molecule has 1 atom stereocenters. The first-order chi connectivity index (χ1) is 21.1. The fourth-order valence-electron chi connectivity index (χ4n) is 6.60. The Labute approximate surface area is 271 Å². The molecule has 44 heavy (non-hydrogen) atoms. The van der Waals surface area contributed by atoms with Crippen LogP contribution in [0.2, 0.25) is 10.0 Å². The molecule has 2 fully saturated rings. The molecule has 3 aromatic rings. The first-order valence-electron chi connectivity index (χ1n) is 15.4. The summed E-state index contributed by atoms with van der Waals surface area (Å²) in [5.74, 6) is 0.0196. The molecule has 0 radical (unpaired) electrons. The number of piperazine rings is 1. The number of hydrogen-bond donors (Lipinski definition) is 0. The molecule has 0 aromatic heterocycles. The largest absolute Gasteiger partial charge is 0.334 e. The minimum absolute atomic E-state index is 0.0221. The molecule has 5 rings (SSSR count). The molecule has 2 aliphatic rings. The zero-order valence-electron chi connectivity index (χ0n) is 26.2. The van der Waals surface area contributed by atoms with E-state index in [0.717, 1.165) is 49.2 Å². The van der Waals surface area contributed by atoms with Crippen LogP contribution < -0.4 is 0 Å². The summed E-state index contributed by atoms with van der Waals surface area (Å²) in [4.78, 5) is 34.0. The van der Waals surface area contributed by atoms with Crippen LogP contribution in [-0.2, 0) is 11.3 Å². The molecule has 0 saturated carbocycles. The molecule has 0 bridgehead atoms. The van der Waals surface area contributed by atoms with E-state index in [-0.39, 0.29) is 30.4 Å². The number of amides is 2. The van der Waals surface area contributed by atoms with Crippen LogP contribution in [0.3, 0.4) is 0 Å². The van der Waals surface area contributed by atoms with Gasteiger partial charge in [-0.1, -0.05) is 76.8 Å². The standard InChI is InChI=1S/C35H43Cl2N5O2/c1-25-18-26(2)20-29(19-25)35(44)40-16-17-41(33(23-40)28-10-11-31(36)32(37)21-28)34(43)24-42(38(3)4)30-12-14-39(15-13-30)22-27-8-6-5-7-9-27/h5-11,18-21,30,33H,12-17,22-24H2,1-4H3. The van der Waals surface area contributed by atoms with Crippen LogP contribution in [0.4, 0.5) is 0 Å². The highest BCUT2D eigenvalue weighted by Gasteiger charge is 2.36. The highest BCUT2D eigenvalue weighted by atomic mass is 35.5. The topological polar surface area (TPSA) is 50.3 Å². The molecule has 0 aliphatic carbocycles. The predicted octanol–water partition coefficient (Wildman–Crippen LogP) is 6.08. The van der Waals surface area contributed by atoms with Crippen molar-refractivity contribution in [1.82, 2.24) is 24.7 Å². The van der Waals surface area contributed by atoms with E-state index in [1.54, 1.807) is 6.07 Å². The Balaban J connectivity index is 1.30. The van der Waals surface area contributed by atoms with Crippen molar-refractivity contribution >= 4 is 35.0 Å². The molecule has 2 aliphatic heterocycles. The number of nitrogens with zero attached hydrogens (tertiary/aromatic N) is 5. The Bertz CT molecular complexity index is 1440. The lowest BCUT2D eigenvalue weighted by molar-refractivity contribution is -0.144. The Hall–Kier alpha value is -2.94. The van der Waals surface area contributed by atoms with E-state index < -0.39 is 0 Å². The van der Waals surface area contributed by atoms with E-state index in [2.05, 4.69) is 51.3 Å². The van der Waals surface area contributed by atoms with Crippen LogP contribution in [0.1, 0.15) is 51.5 Å². The van der Waals surface area contributed by atoms with Crippen molar-refractivity contribution in [2.24, 2.45) is 0 Å². The van der Waals surface area contributed by atoms with Crippen molar-refractivity contribution in [2.45, 2.75) is 45.3 Å². The van der Waals surface area contributed by atoms with E-state index >= 15 is 0 Å². The molecule has 2 saturated heterocycles. The van der Waals surface area contributed by atoms with Crippen molar-refractivity contribution in [3.05, 3.63) is 105 Å². The average Bonchev–Trinajstić information content (AvgIpc) is 3.01. The predicted molar refractivity (Wildman–Crippen MR) is 178 cm³/mol. The Kier molecular flexibility index (Phi) is 10.7. The van der Waals surface area contributed by atoms with Gasteiger partial charge >= 0.3 is 0 Å². The molecule has 2 heterocycles. The van der Waals surface area contributed by atoms with Crippen LogP contribution in [0.25, 0.3) is 0 Å². The fraction of sp³-hybridized carbons (Fsp3) is 0.429. The molecule has 9 heteroatoms. The van der Waals surface area contributed by atoms with Crippen molar-refractivity contribution in [3.8, 4) is 0 Å². The van der Waals surface area contributed by atoms with Gasteiger partial charge in [0.25, 0.3) is 5.91 Å². The number of likely N-dealkylation sites (tertiary alicyclic amines) is 1. The maximum Gasteiger partial charge on any atom is 0.254 e. The van der Waals surface area contributed by atoms with Gasteiger partial charge in [-0.25, -0.2) is 10.0 Å². The van der Waals surface area contributed by atoms with Crippen molar-refractivity contribution in [1.29, 1.82) is 0 Å². The number of halogens is 2. The summed E-state index contributed by atoms with van der Waals surface area (Å²) in [6.45, 7) is 8.50. The zero-order chi connectivity index (χ0) is 31.4. The van der Waals surface area contributed by atoms with Gasteiger partial charge in [0.1, 0.15) is 0 Å². The van der Waals surface area contributed by atoms with E-state index in [4.69, 9.17) is 23.2 Å². The molecule has 0 spiro atoms. The van der Waals surface area contributed by atoms with Crippen molar-refractivity contribution < 1.29 is 9.59 Å². The lowest BCUT2D eigenvalue weighted by atomic mass is 10.00. The number of aryl methyl sites for hydroxylation is 2. The number of carbonyl (C=O) groups excluding carboxylic acids is 2. The summed E-state index contributed by atoms with van der Waals surface area (Å²) in [5.41, 5.74) is 4.98. The molecule has 3 aromatic carbocycles. The summed E-state index contributed by atoms with van der Waals surface area (Å²) >= 11 is 12.7. The number of piperidine rings is 1. The van der Waals surface area contributed by atoms with Gasteiger partial charge < -0.3 is 9.80 Å². The third-order valence-corrected chi connectivity index (χ3v) is 9.56. The summed E-state index contributed by atoms with van der Waals surface area (Å²) in [6, 6.07) is 22.0. The quantitative estimate of drug-likeness (QED) is 0.281. The maximum atomic E-state index is 14.1. The van der Waals surface area contributed by atoms with Crippen LogP contribution in [-0.4, -0.2) is 95.9 Å². The second-order valence-electron chi connectivity index (χ2n) is 12.3. The number of carbonyl (C=O) groups is 2. The van der Waals surface area contributed by atoms with E-state index in [1.807, 2.05) is 62.0 Å². The van der Waals surface area contributed by atoms with E-state index in [1.165, 1.54) is 5.56 Å². The number of hydrogen-bond acceptors (Lipinski definition) is 5. The SMILES string of the molecule is Cc1cc(C)cc(C(=O)N2CCN(C(=O)CN(C3CCN(Cc4ccccc4)CC3)N(C)C)C(c3ccc(Cl)c(Cl)c3)C2)c1. The molecule has 2 amide bonds. The summed E-state index contributed by atoms with van der Waals surface area (Å²) in [6.07, 6.45) is 1.99. The molecule has 1 unspecified atom stereocenters.